The van der Waals surface area contributed by atoms with E-state index in [1.54, 1.807) is 0 Å². The van der Waals surface area contributed by atoms with Crippen LogP contribution in [0.25, 0.3) is 0 Å². The summed E-state index contributed by atoms with van der Waals surface area (Å²) in [5.41, 5.74) is 5.17. The molecule has 2 nitrogen and oxygen atoms in total. The molecule has 0 bridgehead atoms. The highest BCUT2D eigenvalue weighted by Crippen LogP contribution is 1.81. The Bertz CT molecular complexity index is 42.5. The van der Waals surface area contributed by atoms with Crippen LogP contribution in [0.4, 0.5) is 0 Å². The first kappa shape index (κ1) is 12.6. The molecule has 0 aromatic carbocycles. The summed E-state index contributed by atoms with van der Waals surface area (Å²) in [5.74, 6) is 0.662. The van der Waals surface area contributed by atoms with Gasteiger partial charge in [0, 0.05) is 0 Å². The van der Waals surface area contributed by atoms with Crippen LogP contribution in [-0.2, 0) is 0 Å². The van der Waals surface area contributed by atoms with E-state index in [1.807, 2.05) is 0 Å². The summed E-state index contributed by atoms with van der Waals surface area (Å²) < 4.78 is 0. The monoisotopic (exact) mass is 146 g/mol. The van der Waals surface area contributed by atoms with Gasteiger partial charge < -0.3 is 11.1 Å². The minimum Gasteiger partial charge on any atom is -0.330 e. The third kappa shape index (κ3) is 24.7. The van der Waals surface area contributed by atoms with Crippen molar-refractivity contribution in [3.8, 4) is 0 Å². The lowest BCUT2D eigenvalue weighted by molar-refractivity contribution is 0.664. The van der Waals surface area contributed by atoms with Crippen molar-refractivity contribution in [2.75, 3.05) is 19.6 Å². The average Bonchev–Trinajstić information content (AvgIpc) is 1.91. The molecule has 2 heteroatoms. The summed E-state index contributed by atoms with van der Waals surface area (Å²) in [6.45, 7) is 11.4. The van der Waals surface area contributed by atoms with E-state index in [2.05, 4.69) is 33.0 Å². The fourth-order valence-electron chi connectivity index (χ4n) is 0.250. The van der Waals surface area contributed by atoms with Crippen LogP contribution in [0.5, 0.6) is 0 Å². The molecular weight excluding hydrogens is 124 g/mol. The molecule has 0 rings (SSSR count). The van der Waals surface area contributed by atoms with E-state index in [9.17, 15) is 0 Å². The van der Waals surface area contributed by atoms with Crippen LogP contribution in [0.3, 0.4) is 0 Å². The van der Waals surface area contributed by atoms with Crippen LogP contribution in [0.1, 0.15) is 27.7 Å². The van der Waals surface area contributed by atoms with E-state index in [-0.39, 0.29) is 0 Å². The topological polar surface area (TPSA) is 38.0 Å². The van der Waals surface area contributed by atoms with Crippen molar-refractivity contribution in [2.45, 2.75) is 27.7 Å². The molecule has 0 saturated carbocycles. The Balaban J connectivity index is 0. The van der Waals surface area contributed by atoms with Crippen LogP contribution in [0.2, 0.25) is 0 Å². The molecule has 0 aromatic rings. The summed E-state index contributed by atoms with van der Waals surface area (Å²) >= 11 is 0. The standard InChI is InChI=1S/2C4H11N/c1-4(2)3-5;1-3-5-4-2/h4H,3,5H2,1-2H3;5H,3-4H2,1-2H3. The van der Waals surface area contributed by atoms with Crippen molar-refractivity contribution >= 4 is 0 Å². The van der Waals surface area contributed by atoms with E-state index in [1.165, 1.54) is 0 Å². The lowest BCUT2D eigenvalue weighted by atomic mass is 10.2. The molecule has 0 spiro atoms. The Kier molecular flexibility index (Phi) is 14.7. The van der Waals surface area contributed by atoms with Crippen molar-refractivity contribution < 1.29 is 0 Å². The zero-order valence-electron chi connectivity index (χ0n) is 7.78. The lowest BCUT2D eigenvalue weighted by Crippen LogP contribution is -2.09. The second-order valence-electron chi connectivity index (χ2n) is 2.59. The van der Waals surface area contributed by atoms with Gasteiger partial charge >= 0.3 is 0 Å². The molecule has 0 fully saturated rings. The third-order valence-electron chi connectivity index (χ3n) is 0.971. The number of rotatable bonds is 3. The molecule has 64 valence electrons. The van der Waals surface area contributed by atoms with E-state index < -0.39 is 0 Å². The van der Waals surface area contributed by atoms with Crippen LogP contribution in [-0.4, -0.2) is 19.6 Å². The summed E-state index contributed by atoms with van der Waals surface area (Å²) in [5, 5.41) is 3.11. The quantitative estimate of drug-likeness (QED) is 0.628. The summed E-state index contributed by atoms with van der Waals surface area (Å²) in [7, 11) is 0. The van der Waals surface area contributed by atoms with Gasteiger partial charge in [-0.05, 0) is 25.6 Å². The van der Waals surface area contributed by atoms with Gasteiger partial charge in [0.15, 0.2) is 0 Å². The van der Waals surface area contributed by atoms with E-state index >= 15 is 0 Å². The zero-order valence-corrected chi connectivity index (χ0v) is 7.78. The van der Waals surface area contributed by atoms with Crippen molar-refractivity contribution in [3.05, 3.63) is 0 Å². The van der Waals surface area contributed by atoms with Gasteiger partial charge in [-0.15, -0.1) is 0 Å². The number of nitrogens with two attached hydrogens (primary N) is 1. The Morgan fingerprint density at radius 3 is 1.50 bits per heavy atom. The lowest BCUT2D eigenvalue weighted by Gasteiger charge is -1.91. The van der Waals surface area contributed by atoms with Gasteiger partial charge in [0.05, 0.1) is 0 Å². The molecule has 0 atom stereocenters. The Morgan fingerprint density at radius 2 is 1.50 bits per heavy atom. The maximum atomic E-state index is 5.17. The summed E-state index contributed by atoms with van der Waals surface area (Å²) in [6, 6.07) is 0. The van der Waals surface area contributed by atoms with Gasteiger partial charge in [-0.2, -0.15) is 0 Å². The van der Waals surface area contributed by atoms with Gasteiger partial charge in [0.1, 0.15) is 0 Å². The van der Waals surface area contributed by atoms with Crippen molar-refractivity contribution in [1.82, 2.24) is 5.32 Å². The van der Waals surface area contributed by atoms with E-state index in [4.69, 9.17) is 5.73 Å². The van der Waals surface area contributed by atoms with Crippen molar-refractivity contribution in [3.63, 3.8) is 0 Å². The molecule has 0 aliphatic heterocycles. The fourth-order valence-corrected chi connectivity index (χ4v) is 0.250. The molecule has 0 unspecified atom stereocenters. The van der Waals surface area contributed by atoms with E-state index in [0.29, 0.717) is 5.92 Å². The first-order valence-electron chi connectivity index (χ1n) is 4.09. The zero-order chi connectivity index (χ0) is 8.41. The highest BCUT2D eigenvalue weighted by atomic mass is 14.8. The maximum Gasteiger partial charge on any atom is -0.00541 e. The first-order valence-corrected chi connectivity index (χ1v) is 4.09. The minimum atomic E-state index is 0.662. The maximum absolute atomic E-state index is 5.17. The predicted octanol–water partition coefficient (Wildman–Crippen LogP) is 1.22. The van der Waals surface area contributed by atoms with Gasteiger partial charge in [0.2, 0.25) is 0 Å². The molecule has 0 amide bonds. The molecule has 0 aliphatic carbocycles. The molecule has 3 N–H and O–H groups in total. The molecule has 0 radical (unpaired) electrons. The van der Waals surface area contributed by atoms with Crippen LogP contribution in [0.15, 0.2) is 0 Å². The largest absolute Gasteiger partial charge is 0.330 e. The molecule has 0 aromatic heterocycles. The van der Waals surface area contributed by atoms with Gasteiger partial charge in [0.25, 0.3) is 0 Å². The average molecular weight is 146 g/mol. The van der Waals surface area contributed by atoms with Gasteiger partial charge in [-0.1, -0.05) is 27.7 Å². The minimum absolute atomic E-state index is 0.662. The molecule has 0 saturated heterocycles. The molecule has 0 heterocycles. The highest BCUT2D eigenvalue weighted by molar-refractivity contribution is 4.38. The smallest absolute Gasteiger partial charge is 0.00541 e. The number of hydrogen-bond donors (Lipinski definition) is 2. The normalized spacial score (nSPS) is 9.00. The molecular formula is C8H22N2. The van der Waals surface area contributed by atoms with Crippen LogP contribution >= 0.6 is 0 Å². The molecule has 10 heavy (non-hydrogen) atoms. The predicted molar refractivity (Wildman–Crippen MR) is 48.1 cm³/mol. The number of hydrogen-bond acceptors (Lipinski definition) is 2. The SMILES string of the molecule is CC(C)CN.CCNCC. The third-order valence-corrected chi connectivity index (χ3v) is 0.971. The summed E-state index contributed by atoms with van der Waals surface area (Å²) in [6.07, 6.45) is 0. The van der Waals surface area contributed by atoms with Crippen LogP contribution in [0, 0.1) is 5.92 Å². The van der Waals surface area contributed by atoms with Crippen molar-refractivity contribution in [2.24, 2.45) is 11.7 Å². The highest BCUT2D eigenvalue weighted by Gasteiger charge is 1.80. The Morgan fingerprint density at radius 1 is 1.20 bits per heavy atom. The summed E-state index contributed by atoms with van der Waals surface area (Å²) in [4.78, 5) is 0. The van der Waals surface area contributed by atoms with Crippen molar-refractivity contribution in [1.29, 1.82) is 0 Å². The molecule has 0 aliphatic rings. The first-order chi connectivity index (χ1) is 4.68. The second kappa shape index (κ2) is 11.7. The van der Waals surface area contributed by atoms with Gasteiger partial charge in [-0.3, -0.25) is 0 Å². The fraction of sp³-hybridized carbons (Fsp3) is 1.00. The number of nitrogens with one attached hydrogen (secondary N) is 1. The second-order valence-corrected chi connectivity index (χ2v) is 2.59. The Labute approximate surface area is 65.2 Å². The van der Waals surface area contributed by atoms with Gasteiger partial charge in [-0.25, -0.2) is 0 Å². The van der Waals surface area contributed by atoms with Crippen LogP contribution < -0.4 is 11.1 Å². The van der Waals surface area contributed by atoms with E-state index in [0.717, 1.165) is 19.6 Å². The Hall–Kier alpha value is -0.0800.